The van der Waals surface area contributed by atoms with E-state index in [1.807, 2.05) is 18.2 Å². The standard InChI is InChI=1S/C26H29N3O3/c1-20(21-7-3-2-4-8-21)29-17-14-22(15-18-29)28-25(30)19-31-23-10-12-24(13-11-23)32-26-9-5-6-16-27-26/h2-13,16,20,22H,14-15,17-19H2,1H3,(H,28,30). The monoisotopic (exact) mass is 431 g/mol. The number of benzene rings is 2. The summed E-state index contributed by atoms with van der Waals surface area (Å²) in [6.07, 6.45) is 3.57. The number of rotatable bonds is 8. The average molecular weight is 432 g/mol. The van der Waals surface area contributed by atoms with E-state index in [4.69, 9.17) is 9.47 Å². The van der Waals surface area contributed by atoms with Crippen LogP contribution < -0.4 is 14.8 Å². The van der Waals surface area contributed by atoms with Gasteiger partial charge in [0.15, 0.2) is 6.61 Å². The predicted octanol–water partition coefficient (Wildman–Crippen LogP) is 4.59. The van der Waals surface area contributed by atoms with Gasteiger partial charge in [-0.2, -0.15) is 0 Å². The highest BCUT2D eigenvalue weighted by Crippen LogP contribution is 2.24. The first-order chi connectivity index (χ1) is 15.7. The lowest BCUT2D eigenvalue weighted by Crippen LogP contribution is -2.46. The first-order valence-corrected chi connectivity index (χ1v) is 11.1. The van der Waals surface area contributed by atoms with E-state index < -0.39 is 0 Å². The molecule has 1 aromatic heterocycles. The number of amides is 1. The molecule has 2 aromatic carbocycles. The van der Waals surface area contributed by atoms with Crippen LogP contribution in [0.15, 0.2) is 79.0 Å². The quantitative estimate of drug-likeness (QED) is 0.565. The summed E-state index contributed by atoms with van der Waals surface area (Å²) < 4.78 is 11.3. The van der Waals surface area contributed by atoms with Gasteiger partial charge in [0.25, 0.3) is 5.91 Å². The van der Waals surface area contributed by atoms with E-state index in [9.17, 15) is 4.79 Å². The number of ether oxygens (including phenoxy) is 2. The number of piperidine rings is 1. The van der Waals surface area contributed by atoms with Crippen LogP contribution in [-0.2, 0) is 4.79 Å². The van der Waals surface area contributed by atoms with E-state index in [1.54, 1.807) is 36.5 Å². The molecule has 0 spiro atoms. The highest BCUT2D eigenvalue weighted by Gasteiger charge is 2.24. The largest absolute Gasteiger partial charge is 0.484 e. The lowest BCUT2D eigenvalue weighted by Gasteiger charge is -2.36. The van der Waals surface area contributed by atoms with Gasteiger partial charge < -0.3 is 14.8 Å². The normalized spacial score (nSPS) is 15.7. The number of aromatic nitrogens is 1. The lowest BCUT2D eigenvalue weighted by atomic mass is 10.00. The summed E-state index contributed by atoms with van der Waals surface area (Å²) in [7, 11) is 0. The summed E-state index contributed by atoms with van der Waals surface area (Å²) in [5.41, 5.74) is 1.33. The SMILES string of the molecule is CC(c1ccccc1)N1CCC(NC(=O)COc2ccc(Oc3ccccn3)cc2)CC1. The van der Waals surface area contributed by atoms with Crippen LogP contribution >= 0.6 is 0 Å². The molecule has 1 unspecified atom stereocenters. The molecule has 0 radical (unpaired) electrons. The molecule has 4 rings (SSSR count). The minimum Gasteiger partial charge on any atom is -0.484 e. The number of pyridine rings is 1. The van der Waals surface area contributed by atoms with E-state index in [2.05, 4.69) is 46.4 Å². The molecule has 0 saturated carbocycles. The Kier molecular flexibility index (Phi) is 7.35. The molecule has 0 aliphatic carbocycles. The van der Waals surface area contributed by atoms with Gasteiger partial charge in [0.1, 0.15) is 11.5 Å². The summed E-state index contributed by atoms with van der Waals surface area (Å²) in [5.74, 6) is 1.73. The summed E-state index contributed by atoms with van der Waals surface area (Å²) in [5, 5.41) is 3.11. The number of carbonyl (C=O) groups excluding carboxylic acids is 1. The van der Waals surface area contributed by atoms with Gasteiger partial charge in [-0.3, -0.25) is 9.69 Å². The molecule has 1 aliphatic heterocycles. The van der Waals surface area contributed by atoms with Gasteiger partial charge >= 0.3 is 0 Å². The van der Waals surface area contributed by atoms with Crippen LogP contribution in [0.3, 0.4) is 0 Å². The Balaban J connectivity index is 1.18. The number of nitrogens with one attached hydrogen (secondary N) is 1. The molecule has 3 aromatic rings. The fourth-order valence-corrected chi connectivity index (χ4v) is 3.92. The minimum atomic E-state index is -0.0895. The van der Waals surface area contributed by atoms with Crippen molar-refractivity contribution >= 4 is 5.91 Å². The van der Waals surface area contributed by atoms with Crippen LogP contribution in [0.2, 0.25) is 0 Å². The molecule has 1 aliphatic rings. The summed E-state index contributed by atoms with van der Waals surface area (Å²) >= 11 is 0. The van der Waals surface area contributed by atoms with E-state index in [-0.39, 0.29) is 18.6 Å². The third-order valence-corrected chi connectivity index (χ3v) is 5.78. The second-order valence-corrected chi connectivity index (χ2v) is 7.99. The maximum atomic E-state index is 12.3. The zero-order valence-corrected chi connectivity index (χ0v) is 18.3. The zero-order chi connectivity index (χ0) is 22.2. The zero-order valence-electron chi connectivity index (χ0n) is 18.3. The van der Waals surface area contributed by atoms with Crippen molar-refractivity contribution in [2.75, 3.05) is 19.7 Å². The van der Waals surface area contributed by atoms with Crippen LogP contribution in [-0.4, -0.2) is 41.5 Å². The Morgan fingerprint density at radius 2 is 1.69 bits per heavy atom. The van der Waals surface area contributed by atoms with Crippen molar-refractivity contribution in [1.82, 2.24) is 15.2 Å². The first kappa shape index (κ1) is 21.8. The van der Waals surface area contributed by atoms with Crippen LogP contribution in [0, 0.1) is 0 Å². The number of hydrogen-bond donors (Lipinski definition) is 1. The lowest BCUT2D eigenvalue weighted by molar-refractivity contribution is -0.124. The van der Waals surface area contributed by atoms with Crippen LogP contribution in [0.25, 0.3) is 0 Å². The Hall–Kier alpha value is -3.38. The molecule has 1 atom stereocenters. The highest BCUT2D eigenvalue weighted by molar-refractivity contribution is 5.77. The maximum absolute atomic E-state index is 12.3. The molecule has 2 heterocycles. The van der Waals surface area contributed by atoms with Crippen molar-refractivity contribution in [2.45, 2.75) is 31.8 Å². The third kappa shape index (κ3) is 6.08. The number of likely N-dealkylation sites (tertiary alicyclic amines) is 1. The Bertz CT molecular complexity index is 972. The Morgan fingerprint density at radius 3 is 2.38 bits per heavy atom. The molecular formula is C26H29N3O3. The predicted molar refractivity (Wildman–Crippen MR) is 124 cm³/mol. The topological polar surface area (TPSA) is 63.7 Å². The Morgan fingerprint density at radius 1 is 1.00 bits per heavy atom. The molecule has 1 amide bonds. The highest BCUT2D eigenvalue weighted by atomic mass is 16.5. The van der Waals surface area contributed by atoms with Crippen LogP contribution in [0.5, 0.6) is 17.4 Å². The summed E-state index contributed by atoms with van der Waals surface area (Å²) in [6.45, 7) is 4.19. The third-order valence-electron chi connectivity index (χ3n) is 5.78. The van der Waals surface area contributed by atoms with Crippen molar-refractivity contribution in [3.8, 4) is 17.4 Å². The van der Waals surface area contributed by atoms with Gasteiger partial charge in [-0.05, 0) is 55.7 Å². The molecule has 6 heteroatoms. The van der Waals surface area contributed by atoms with Crippen molar-refractivity contribution < 1.29 is 14.3 Å². The van der Waals surface area contributed by atoms with Gasteiger partial charge in [0.05, 0.1) is 0 Å². The molecule has 166 valence electrons. The fourth-order valence-electron chi connectivity index (χ4n) is 3.92. The van der Waals surface area contributed by atoms with E-state index in [1.165, 1.54) is 5.56 Å². The molecule has 1 N–H and O–H groups in total. The van der Waals surface area contributed by atoms with Crippen molar-refractivity contribution in [1.29, 1.82) is 0 Å². The van der Waals surface area contributed by atoms with Gasteiger partial charge in [-0.25, -0.2) is 4.98 Å². The molecule has 32 heavy (non-hydrogen) atoms. The molecular weight excluding hydrogens is 402 g/mol. The average Bonchev–Trinajstić information content (AvgIpc) is 2.85. The van der Waals surface area contributed by atoms with Gasteiger partial charge in [0, 0.05) is 37.4 Å². The second-order valence-electron chi connectivity index (χ2n) is 7.99. The van der Waals surface area contributed by atoms with Gasteiger partial charge in [0.2, 0.25) is 5.88 Å². The second kappa shape index (κ2) is 10.8. The van der Waals surface area contributed by atoms with Crippen LogP contribution in [0.4, 0.5) is 0 Å². The minimum absolute atomic E-state index is 0.00107. The van der Waals surface area contributed by atoms with Crippen molar-refractivity contribution in [3.63, 3.8) is 0 Å². The number of nitrogens with zero attached hydrogens (tertiary/aromatic N) is 2. The van der Waals surface area contributed by atoms with Crippen molar-refractivity contribution in [3.05, 3.63) is 84.6 Å². The van der Waals surface area contributed by atoms with E-state index >= 15 is 0 Å². The van der Waals surface area contributed by atoms with Gasteiger partial charge in [-0.1, -0.05) is 36.4 Å². The number of carbonyl (C=O) groups is 1. The number of hydrogen-bond acceptors (Lipinski definition) is 5. The maximum Gasteiger partial charge on any atom is 0.258 e. The summed E-state index contributed by atoms with van der Waals surface area (Å²) in [6, 6.07) is 23.8. The van der Waals surface area contributed by atoms with Crippen molar-refractivity contribution in [2.24, 2.45) is 0 Å². The Labute approximate surface area is 189 Å². The fraction of sp³-hybridized carbons (Fsp3) is 0.308. The first-order valence-electron chi connectivity index (χ1n) is 11.1. The molecule has 6 nitrogen and oxygen atoms in total. The van der Waals surface area contributed by atoms with Gasteiger partial charge in [-0.15, -0.1) is 0 Å². The van der Waals surface area contributed by atoms with E-state index in [0.717, 1.165) is 25.9 Å². The van der Waals surface area contributed by atoms with E-state index in [0.29, 0.717) is 23.4 Å². The molecule has 1 saturated heterocycles. The summed E-state index contributed by atoms with van der Waals surface area (Å²) in [4.78, 5) is 19.0. The molecule has 0 bridgehead atoms. The smallest absolute Gasteiger partial charge is 0.258 e. The van der Waals surface area contributed by atoms with Crippen LogP contribution in [0.1, 0.15) is 31.4 Å². The molecule has 1 fully saturated rings.